The number of rotatable bonds is 3. The Morgan fingerprint density at radius 3 is 2.59 bits per heavy atom. The highest BCUT2D eigenvalue weighted by Gasteiger charge is 2.28. The van der Waals surface area contributed by atoms with Crippen molar-refractivity contribution in [2.24, 2.45) is 0 Å². The van der Waals surface area contributed by atoms with E-state index in [0.29, 0.717) is 25.4 Å². The van der Waals surface area contributed by atoms with Gasteiger partial charge in [0.2, 0.25) is 0 Å². The molecule has 1 aliphatic heterocycles. The third-order valence-corrected chi connectivity index (χ3v) is 2.62. The van der Waals surface area contributed by atoms with Crippen molar-refractivity contribution in [3.05, 3.63) is 12.3 Å². The molecule has 17 heavy (non-hydrogen) atoms. The van der Waals surface area contributed by atoms with Crippen LogP contribution in [0.2, 0.25) is 0 Å². The maximum atomic E-state index is 11.6. The molecule has 0 aromatic carbocycles. The standard InChI is InChI=1S/C11H18N2O4/c1-8(2)17-11(16)13-5-4-12(7-10(14)15)9(3)6-13/h9H,1,4-7H2,2-3H3,(H,14,15). The first-order valence-corrected chi connectivity index (χ1v) is 5.48. The fourth-order valence-corrected chi connectivity index (χ4v) is 1.78. The van der Waals surface area contributed by atoms with Crippen LogP contribution in [0, 0.1) is 0 Å². The number of piperazine rings is 1. The van der Waals surface area contributed by atoms with Gasteiger partial charge in [0.25, 0.3) is 0 Å². The normalized spacial score (nSPS) is 21.1. The van der Waals surface area contributed by atoms with Crippen molar-refractivity contribution in [2.45, 2.75) is 19.9 Å². The Morgan fingerprint density at radius 1 is 1.47 bits per heavy atom. The molecule has 0 aliphatic carbocycles. The van der Waals surface area contributed by atoms with Crippen molar-refractivity contribution < 1.29 is 19.4 Å². The first-order chi connectivity index (χ1) is 7.90. The van der Waals surface area contributed by atoms with E-state index in [1.807, 2.05) is 11.8 Å². The number of carboxylic acids is 1. The Morgan fingerprint density at radius 2 is 2.12 bits per heavy atom. The summed E-state index contributed by atoms with van der Waals surface area (Å²) in [6, 6.07) is 0.0116. The fraction of sp³-hybridized carbons (Fsp3) is 0.636. The van der Waals surface area contributed by atoms with E-state index in [1.54, 1.807) is 11.8 Å². The van der Waals surface area contributed by atoms with E-state index >= 15 is 0 Å². The average Bonchev–Trinajstić information content (AvgIpc) is 2.19. The molecule has 0 bridgehead atoms. The van der Waals surface area contributed by atoms with Crippen LogP contribution in [0.3, 0.4) is 0 Å². The van der Waals surface area contributed by atoms with Gasteiger partial charge < -0.3 is 14.7 Å². The van der Waals surface area contributed by atoms with Crippen LogP contribution < -0.4 is 0 Å². The van der Waals surface area contributed by atoms with E-state index in [1.165, 1.54) is 0 Å². The van der Waals surface area contributed by atoms with E-state index in [-0.39, 0.29) is 12.6 Å². The molecule has 1 aliphatic rings. The Labute approximate surface area is 100 Å². The first kappa shape index (κ1) is 13.5. The van der Waals surface area contributed by atoms with Crippen molar-refractivity contribution >= 4 is 12.1 Å². The number of hydrogen-bond acceptors (Lipinski definition) is 4. The molecule has 0 spiro atoms. The highest BCUT2D eigenvalue weighted by atomic mass is 16.6. The lowest BCUT2D eigenvalue weighted by Crippen LogP contribution is -2.54. The molecule has 0 radical (unpaired) electrons. The van der Waals surface area contributed by atoms with Crippen LogP contribution >= 0.6 is 0 Å². The molecule has 1 unspecified atom stereocenters. The lowest BCUT2D eigenvalue weighted by atomic mass is 10.2. The van der Waals surface area contributed by atoms with Crippen molar-refractivity contribution in [1.29, 1.82) is 0 Å². The molecular weight excluding hydrogens is 224 g/mol. The zero-order chi connectivity index (χ0) is 13.0. The molecule has 96 valence electrons. The summed E-state index contributed by atoms with van der Waals surface area (Å²) in [7, 11) is 0. The second-order valence-corrected chi connectivity index (χ2v) is 4.23. The van der Waals surface area contributed by atoms with Gasteiger partial charge in [-0.05, 0) is 13.8 Å². The van der Waals surface area contributed by atoms with E-state index in [9.17, 15) is 9.59 Å². The molecule has 6 heteroatoms. The molecule has 0 saturated carbocycles. The maximum Gasteiger partial charge on any atom is 0.414 e. The summed E-state index contributed by atoms with van der Waals surface area (Å²) in [5, 5.41) is 8.72. The van der Waals surface area contributed by atoms with E-state index in [0.717, 1.165) is 0 Å². The zero-order valence-corrected chi connectivity index (χ0v) is 10.2. The second-order valence-electron chi connectivity index (χ2n) is 4.23. The van der Waals surface area contributed by atoms with Crippen LogP contribution in [0.5, 0.6) is 0 Å². The third kappa shape index (κ3) is 4.07. The van der Waals surface area contributed by atoms with Crippen molar-refractivity contribution in [2.75, 3.05) is 26.2 Å². The molecular formula is C11H18N2O4. The number of carbonyl (C=O) groups is 2. The van der Waals surface area contributed by atoms with E-state index in [4.69, 9.17) is 9.84 Å². The van der Waals surface area contributed by atoms with Gasteiger partial charge in [-0.25, -0.2) is 4.79 Å². The highest BCUT2D eigenvalue weighted by Crippen LogP contribution is 2.11. The molecule has 0 aromatic heterocycles. The van der Waals surface area contributed by atoms with Gasteiger partial charge in [-0.1, -0.05) is 6.58 Å². The Kier molecular flexibility index (Phi) is 4.51. The summed E-state index contributed by atoms with van der Waals surface area (Å²) >= 11 is 0. The zero-order valence-electron chi connectivity index (χ0n) is 10.2. The minimum absolute atomic E-state index is 0.00450. The van der Waals surface area contributed by atoms with Gasteiger partial charge in [-0.15, -0.1) is 0 Å². The van der Waals surface area contributed by atoms with Gasteiger partial charge in [0.1, 0.15) is 0 Å². The average molecular weight is 242 g/mol. The number of allylic oxidation sites excluding steroid dienone is 1. The van der Waals surface area contributed by atoms with Gasteiger partial charge in [-0.2, -0.15) is 0 Å². The number of aliphatic carboxylic acids is 1. The van der Waals surface area contributed by atoms with Gasteiger partial charge in [0.05, 0.1) is 12.3 Å². The molecule has 1 heterocycles. The summed E-state index contributed by atoms with van der Waals surface area (Å²) in [6.07, 6.45) is -0.417. The molecule has 0 aromatic rings. The van der Waals surface area contributed by atoms with Crippen molar-refractivity contribution in [3.63, 3.8) is 0 Å². The summed E-state index contributed by atoms with van der Waals surface area (Å²) < 4.78 is 4.91. The monoisotopic (exact) mass is 242 g/mol. The SMILES string of the molecule is C=C(C)OC(=O)N1CCN(CC(=O)O)C(C)C1. The number of nitrogens with zero attached hydrogens (tertiary/aromatic N) is 2. The summed E-state index contributed by atoms with van der Waals surface area (Å²) in [5.74, 6) is -0.495. The van der Waals surface area contributed by atoms with Crippen LogP contribution in [-0.4, -0.2) is 59.2 Å². The summed E-state index contributed by atoms with van der Waals surface area (Å²) in [6.45, 7) is 8.50. The quantitative estimate of drug-likeness (QED) is 0.739. The smallest absolute Gasteiger partial charge is 0.414 e. The number of carboxylic acid groups (broad SMARTS) is 1. The molecule has 1 fully saturated rings. The predicted molar refractivity (Wildman–Crippen MR) is 61.5 cm³/mol. The Balaban J connectivity index is 2.48. The Bertz CT molecular complexity index is 329. The van der Waals surface area contributed by atoms with Gasteiger partial charge >= 0.3 is 12.1 Å². The largest absolute Gasteiger partial charge is 0.480 e. The van der Waals surface area contributed by atoms with Gasteiger partial charge in [-0.3, -0.25) is 9.69 Å². The van der Waals surface area contributed by atoms with E-state index < -0.39 is 12.1 Å². The van der Waals surface area contributed by atoms with Crippen LogP contribution in [0.1, 0.15) is 13.8 Å². The number of hydrogen-bond donors (Lipinski definition) is 1. The molecule has 1 amide bonds. The van der Waals surface area contributed by atoms with Crippen LogP contribution in [0.15, 0.2) is 12.3 Å². The second kappa shape index (κ2) is 5.67. The topological polar surface area (TPSA) is 70.1 Å². The highest BCUT2D eigenvalue weighted by molar-refractivity contribution is 5.70. The molecule has 1 N–H and O–H groups in total. The first-order valence-electron chi connectivity index (χ1n) is 5.48. The minimum Gasteiger partial charge on any atom is -0.480 e. The van der Waals surface area contributed by atoms with Crippen LogP contribution in [0.25, 0.3) is 0 Å². The van der Waals surface area contributed by atoms with Gasteiger partial charge in [0.15, 0.2) is 0 Å². The number of carbonyl (C=O) groups excluding carboxylic acids is 1. The maximum absolute atomic E-state index is 11.6. The third-order valence-electron chi connectivity index (χ3n) is 2.62. The number of amides is 1. The molecule has 1 saturated heterocycles. The van der Waals surface area contributed by atoms with Crippen LogP contribution in [0.4, 0.5) is 4.79 Å². The number of ether oxygens (including phenoxy) is 1. The predicted octanol–water partition coefficient (Wildman–Crippen LogP) is 0.747. The fourth-order valence-electron chi connectivity index (χ4n) is 1.78. The molecule has 1 atom stereocenters. The lowest BCUT2D eigenvalue weighted by molar-refractivity contribution is -0.139. The minimum atomic E-state index is -0.852. The van der Waals surface area contributed by atoms with Gasteiger partial charge in [0, 0.05) is 25.7 Å². The van der Waals surface area contributed by atoms with Crippen LogP contribution in [-0.2, 0) is 9.53 Å². The van der Waals surface area contributed by atoms with Crippen molar-refractivity contribution in [1.82, 2.24) is 9.80 Å². The molecule has 1 rings (SSSR count). The lowest BCUT2D eigenvalue weighted by Gasteiger charge is -2.38. The molecule has 6 nitrogen and oxygen atoms in total. The Hall–Kier alpha value is -1.56. The summed E-state index contributed by atoms with van der Waals surface area (Å²) in [5.41, 5.74) is 0. The van der Waals surface area contributed by atoms with Crippen molar-refractivity contribution in [3.8, 4) is 0 Å². The summed E-state index contributed by atoms with van der Waals surface area (Å²) in [4.78, 5) is 25.6. The van der Waals surface area contributed by atoms with E-state index in [2.05, 4.69) is 6.58 Å².